The van der Waals surface area contributed by atoms with Gasteiger partial charge in [-0.15, -0.1) is 0 Å². The highest BCUT2D eigenvalue weighted by atomic mass is 28.5. The van der Waals surface area contributed by atoms with E-state index in [1.54, 1.807) is 0 Å². The first-order valence-electron chi connectivity index (χ1n) is 15.8. The van der Waals surface area contributed by atoms with Gasteiger partial charge in [0.1, 0.15) is 0 Å². The van der Waals surface area contributed by atoms with E-state index >= 15 is 0 Å². The molecule has 0 rings (SSSR count). The highest BCUT2D eigenvalue weighted by Gasteiger charge is 2.38. The van der Waals surface area contributed by atoms with Crippen LogP contribution in [0.5, 0.6) is 0 Å². The molecule has 0 spiro atoms. The van der Waals surface area contributed by atoms with Crippen LogP contribution in [0, 0.1) is 0 Å². The maximum atomic E-state index is 6.52. The van der Waals surface area contributed by atoms with Gasteiger partial charge in [0, 0.05) is 0 Å². The van der Waals surface area contributed by atoms with Crippen LogP contribution in [0.4, 0.5) is 0 Å². The first kappa shape index (κ1) is 41.3. The fourth-order valence-electron chi connectivity index (χ4n) is 5.26. The predicted octanol–water partition coefficient (Wildman–Crippen LogP) is 11.5. The quantitative estimate of drug-likeness (QED) is 0.0979. The monoisotopic (exact) mass is 640 g/mol. The SMILES string of the molecule is CCCCCCCC[Si](C)(C)O[Si](C)(C)O[Si](C)(C)C.CCCCCC[Si](C)(C)O[Si](C)(C)O[Si](C)(C)C. The Hall–Kier alpha value is 1.14. The van der Waals surface area contributed by atoms with Crippen molar-refractivity contribution in [1.29, 1.82) is 0 Å². The van der Waals surface area contributed by atoms with E-state index in [0.717, 1.165) is 0 Å². The molecule has 232 valence electrons. The molecule has 0 aromatic rings. The molecular weight excluding hydrogens is 569 g/mol. The van der Waals surface area contributed by atoms with Crippen LogP contribution in [0.15, 0.2) is 0 Å². The molecule has 0 aliphatic carbocycles. The molecule has 0 heterocycles. The lowest BCUT2D eigenvalue weighted by molar-refractivity contribution is 0.389. The molecule has 0 N–H and O–H groups in total. The molecule has 38 heavy (non-hydrogen) atoms. The summed E-state index contributed by atoms with van der Waals surface area (Å²) in [6, 6.07) is 2.56. The number of hydrogen-bond donors (Lipinski definition) is 0. The number of rotatable bonds is 20. The molecule has 0 saturated heterocycles. The molecule has 0 aromatic carbocycles. The summed E-state index contributed by atoms with van der Waals surface area (Å²) in [5.41, 5.74) is 0. The molecule has 0 amide bonds. The van der Waals surface area contributed by atoms with Crippen LogP contribution in [0.25, 0.3) is 0 Å². The minimum absolute atomic E-state index is 1.28. The minimum atomic E-state index is -1.93. The van der Waals surface area contributed by atoms with Crippen LogP contribution in [-0.4, -0.2) is 50.4 Å². The molecule has 0 fully saturated rings. The average molecular weight is 641 g/mol. The maximum Gasteiger partial charge on any atom is 0.311 e. The number of unbranched alkanes of at least 4 members (excludes halogenated alkanes) is 8. The molecule has 0 aliphatic rings. The third kappa shape index (κ3) is 28.7. The molecule has 4 nitrogen and oxygen atoms in total. The first-order valence-corrected chi connectivity index (χ1v) is 34.4. The summed E-state index contributed by atoms with van der Waals surface area (Å²) >= 11 is 0. The molecule has 0 unspecified atom stereocenters. The van der Waals surface area contributed by atoms with Crippen LogP contribution in [0.2, 0.25) is 104 Å². The van der Waals surface area contributed by atoms with E-state index in [1.165, 1.54) is 76.3 Å². The summed E-state index contributed by atoms with van der Waals surface area (Å²) in [5.74, 6) is 0. The molecule has 0 atom stereocenters. The Kier molecular flexibility index (Phi) is 20.2. The minimum Gasteiger partial charge on any atom is -0.437 e. The van der Waals surface area contributed by atoms with E-state index in [0.29, 0.717) is 0 Å². The van der Waals surface area contributed by atoms with Crippen molar-refractivity contribution in [1.82, 2.24) is 0 Å². The van der Waals surface area contributed by atoms with Crippen molar-refractivity contribution in [2.45, 2.75) is 182 Å². The van der Waals surface area contributed by atoms with Crippen LogP contribution in [-0.2, 0) is 16.5 Å². The zero-order valence-electron chi connectivity index (χ0n) is 29.1. The van der Waals surface area contributed by atoms with E-state index in [4.69, 9.17) is 16.5 Å². The molecule has 0 radical (unpaired) electrons. The largest absolute Gasteiger partial charge is 0.437 e. The van der Waals surface area contributed by atoms with E-state index < -0.39 is 50.4 Å². The predicted molar refractivity (Wildman–Crippen MR) is 188 cm³/mol. The fraction of sp³-hybridized carbons (Fsp3) is 1.00. The topological polar surface area (TPSA) is 36.9 Å². The van der Waals surface area contributed by atoms with Gasteiger partial charge < -0.3 is 16.5 Å². The highest BCUT2D eigenvalue weighted by molar-refractivity contribution is 6.88. The van der Waals surface area contributed by atoms with Crippen molar-refractivity contribution < 1.29 is 16.5 Å². The molecule has 0 bridgehead atoms. The standard InChI is InChI=1S/C15H38O2Si3.C13H34O2Si3/c1-9-10-11-12-13-14-15-19(5,6)17-20(7,8)16-18(2,3)4;1-9-10-11-12-13-17(5,6)15-18(7,8)14-16(2,3)4/h9-15H2,1-8H3;9-13H2,1-8H3. The van der Waals surface area contributed by atoms with Crippen LogP contribution in [0.3, 0.4) is 0 Å². The van der Waals surface area contributed by atoms with Gasteiger partial charge in [0.05, 0.1) is 0 Å². The molecular formula is C28H72O4Si6. The summed E-state index contributed by atoms with van der Waals surface area (Å²) in [5, 5.41) is 0. The second-order valence-corrected chi connectivity index (χ2v) is 40.6. The molecule has 0 aromatic heterocycles. The molecule has 0 saturated carbocycles. The van der Waals surface area contributed by atoms with Crippen LogP contribution >= 0.6 is 0 Å². The van der Waals surface area contributed by atoms with Crippen molar-refractivity contribution in [2.24, 2.45) is 0 Å². The van der Waals surface area contributed by atoms with Gasteiger partial charge >= 0.3 is 17.1 Å². The van der Waals surface area contributed by atoms with Crippen molar-refractivity contribution in [3.05, 3.63) is 0 Å². The highest BCUT2D eigenvalue weighted by Crippen LogP contribution is 2.26. The lowest BCUT2D eigenvalue weighted by Gasteiger charge is -2.37. The van der Waals surface area contributed by atoms with Gasteiger partial charge in [0.25, 0.3) is 0 Å². The summed E-state index contributed by atoms with van der Waals surface area (Å²) in [7, 11) is -9.89. The molecule has 0 aliphatic heterocycles. The summed E-state index contributed by atoms with van der Waals surface area (Å²) in [6.45, 7) is 36.4. The van der Waals surface area contributed by atoms with E-state index in [2.05, 4.69) is 106 Å². The van der Waals surface area contributed by atoms with Crippen molar-refractivity contribution in [2.75, 3.05) is 0 Å². The average Bonchev–Trinajstić information content (AvgIpc) is 2.62. The van der Waals surface area contributed by atoms with Crippen molar-refractivity contribution >= 4 is 50.4 Å². The molecule has 10 heteroatoms. The smallest absolute Gasteiger partial charge is 0.311 e. The maximum absolute atomic E-state index is 6.52. The van der Waals surface area contributed by atoms with Gasteiger partial charge in [-0.05, 0) is 104 Å². The lowest BCUT2D eigenvalue weighted by Crippen LogP contribution is -2.51. The van der Waals surface area contributed by atoms with Crippen molar-refractivity contribution in [3.63, 3.8) is 0 Å². The summed E-state index contributed by atoms with van der Waals surface area (Å²) in [4.78, 5) is 0. The lowest BCUT2D eigenvalue weighted by atomic mass is 10.1. The van der Waals surface area contributed by atoms with Gasteiger partial charge in [-0.1, -0.05) is 78.1 Å². The Bertz CT molecular complexity index is 599. The van der Waals surface area contributed by atoms with Gasteiger partial charge in [-0.25, -0.2) is 0 Å². The Morgan fingerprint density at radius 3 is 0.895 bits per heavy atom. The zero-order chi connectivity index (χ0) is 30.3. The van der Waals surface area contributed by atoms with Gasteiger partial charge in [0.15, 0.2) is 33.3 Å². The Balaban J connectivity index is 0. The first-order chi connectivity index (χ1) is 16.9. The summed E-state index contributed by atoms with van der Waals surface area (Å²) < 4.78 is 25.6. The van der Waals surface area contributed by atoms with Gasteiger partial charge in [-0.2, -0.15) is 0 Å². The third-order valence-electron chi connectivity index (χ3n) is 5.91. The Morgan fingerprint density at radius 2 is 0.605 bits per heavy atom. The van der Waals surface area contributed by atoms with Gasteiger partial charge in [-0.3, -0.25) is 0 Å². The zero-order valence-corrected chi connectivity index (χ0v) is 35.1. The van der Waals surface area contributed by atoms with E-state index in [-0.39, 0.29) is 0 Å². The Labute approximate surface area is 247 Å². The number of hydrogen-bond acceptors (Lipinski definition) is 4. The Morgan fingerprint density at radius 1 is 0.342 bits per heavy atom. The van der Waals surface area contributed by atoms with Crippen molar-refractivity contribution in [3.8, 4) is 0 Å². The van der Waals surface area contributed by atoms with E-state index in [9.17, 15) is 0 Å². The second-order valence-electron chi connectivity index (χ2n) is 15.3. The summed E-state index contributed by atoms with van der Waals surface area (Å²) in [6.07, 6.45) is 13.6. The van der Waals surface area contributed by atoms with Gasteiger partial charge in [0.2, 0.25) is 0 Å². The normalized spacial score (nSPS) is 13.9. The third-order valence-corrected chi connectivity index (χ3v) is 26.2. The second kappa shape index (κ2) is 18.6. The van der Waals surface area contributed by atoms with Crippen LogP contribution < -0.4 is 0 Å². The fourth-order valence-corrected chi connectivity index (χ4v) is 31.8. The van der Waals surface area contributed by atoms with Crippen LogP contribution in [0.1, 0.15) is 78.1 Å². The van der Waals surface area contributed by atoms with E-state index in [1.807, 2.05) is 0 Å².